The minimum atomic E-state index is 0.542. The molecule has 0 atom stereocenters. The van der Waals surface area contributed by atoms with Crippen molar-refractivity contribution in [1.29, 1.82) is 0 Å². The minimum Gasteiger partial charge on any atom is -0.324 e. The van der Waals surface area contributed by atoms with Crippen molar-refractivity contribution in [2.75, 3.05) is 23.3 Å². The van der Waals surface area contributed by atoms with Crippen LogP contribution in [0.15, 0.2) is 60.0 Å². The van der Waals surface area contributed by atoms with E-state index >= 15 is 0 Å². The van der Waals surface area contributed by atoms with Gasteiger partial charge >= 0.3 is 0 Å². The van der Waals surface area contributed by atoms with Crippen molar-refractivity contribution in [3.63, 3.8) is 0 Å². The molecule has 2 aliphatic rings. The van der Waals surface area contributed by atoms with Crippen LogP contribution in [0.5, 0.6) is 0 Å². The number of anilines is 3. The van der Waals surface area contributed by atoms with Crippen LogP contribution in [0.3, 0.4) is 0 Å². The van der Waals surface area contributed by atoms with Crippen LogP contribution < -0.4 is 10.2 Å². The Balaban J connectivity index is 1.58. The van der Waals surface area contributed by atoms with Gasteiger partial charge in [-0.2, -0.15) is 4.98 Å². The molecule has 2 aromatic heterocycles. The average Bonchev–Trinajstić information content (AvgIpc) is 3.19. The van der Waals surface area contributed by atoms with Crippen LogP contribution in [0.25, 0.3) is 11.6 Å². The number of rotatable bonds is 3. The maximum absolute atomic E-state index is 6.43. The molecule has 0 saturated carbocycles. The molecule has 0 spiro atoms. The smallest absolute Gasteiger partial charge is 0.229 e. The van der Waals surface area contributed by atoms with Crippen LogP contribution in [0.1, 0.15) is 11.1 Å². The van der Waals surface area contributed by atoms with Gasteiger partial charge in [0.25, 0.3) is 0 Å². The molecule has 4 heterocycles. The Bertz CT molecular complexity index is 1080. The van der Waals surface area contributed by atoms with Gasteiger partial charge in [-0.05, 0) is 24.3 Å². The third kappa shape index (κ3) is 2.84. The highest BCUT2D eigenvalue weighted by Crippen LogP contribution is 2.37. The van der Waals surface area contributed by atoms with Crippen LogP contribution in [0, 0.1) is 0 Å². The highest BCUT2D eigenvalue weighted by atomic mass is 35.5. The molecule has 1 N–H and O–H groups in total. The fraction of sp³-hybridized carbons (Fsp3) is 0.100. The van der Waals surface area contributed by atoms with Gasteiger partial charge in [0.15, 0.2) is 0 Å². The molecule has 6 nitrogen and oxygen atoms in total. The number of benzene rings is 1. The molecule has 0 saturated heterocycles. The zero-order valence-electron chi connectivity index (χ0n) is 14.3. The first-order valence-corrected chi connectivity index (χ1v) is 9.00. The van der Waals surface area contributed by atoms with Crippen LogP contribution in [-0.2, 0) is 0 Å². The van der Waals surface area contributed by atoms with E-state index in [1.165, 1.54) is 0 Å². The number of nitrogens with one attached hydrogen (secondary N) is 1. The number of fused-ring (bicyclic) bond motifs is 3. The van der Waals surface area contributed by atoms with E-state index < -0.39 is 0 Å². The Morgan fingerprint density at radius 2 is 1.93 bits per heavy atom. The second-order valence-electron chi connectivity index (χ2n) is 6.23. The molecule has 0 amide bonds. The Hall–Kier alpha value is -3.25. The Morgan fingerprint density at radius 1 is 1.07 bits per heavy atom. The van der Waals surface area contributed by atoms with E-state index in [0.29, 0.717) is 11.0 Å². The fourth-order valence-corrected chi connectivity index (χ4v) is 3.54. The van der Waals surface area contributed by atoms with Gasteiger partial charge in [-0.15, -0.1) is 0 Å². The Kier molecular flexibility index (Phi) is 3.83. The second kappa shape index (κ2) is 6.48. The highest BCUT2D eigenvalue weighted by Gasteiger charge is 2.31. The number of aliphatic imine (C=N–C) groups is 1. The van der Waals surface area contributed by atoms with E-state index in [4.69, 9.17) is 21.6 Å². The molecule has 27 heavy (non-hydrogen) atoms. The van der Waals surface area contributed by atoms with Gasteiger partial charge in [-0.1, -0.05) is 29.8 Å². The van der Waals surface area contributed by atoms with E-state index in [0.717, 1.165) is 47.1 Å². The standard InChI is InChI=1S/C20H15ClN6/c21-17-4-2-1-3-15(17)16-11-13-12-24-20(25-14-5-7-22-8-6-14)26-18(13)27-10-9-23-19(16)27/h1-8,11-12H,9-10H2,(H,22,24,25,26). The molecule has 0 bridgehead atoms. The van der Waals surface area contributed by atoms with Gasteiger partial charge in [-0.3, -0.25) is 9.98 Å². The minimum absolute atomic E-state index is 0.542. The maximum atomic E-state index is 6.43. The quantitative estimate of drug-likeness (QED) is 0.749. The molecular formula is C20H15ClN6. The van der Waals surface area contributed by atoms with Crippen molar-refractivity contribution in [3.8, 4) is 0 Å². The molecule has 0 aliphatic carbocycles. The molecule has 2 aliphatic heterocycles. The van der Waals surface area contributed by atoms with E-state index in [2.05, 4.69) is 26.3 Å². The van der Waals surface area contributed by atoms with Crippen molar-refractivity contribution in [2.45, 2.75) is 0 Å². The normalized spacial score (nSPS) is 14.9. The number of amidine groups is 1. The zero-order chi connectivity index (χ0) is 18.2. The number of hydrogen-bond donors (Lipinski definition) is 1. The van der Waals surface area contributed by atoms with Crippen molar-refractivity contribution in [1.82, 2.24) is 15.0 Å². The monoisotopic (exact) mass is 374 g/mol. The van der Waals surface area contributed by atoms with Crippen molar-refractivity contribution in [3.05, 3.63) is 71.1 Å². The van der Waals surface area contributed by atoms with Gasteiger partial charge < -0.3 is 10.2 Å². The van der Waals surface area contributed by atoms with Crippen molar-refractivity contribution >= 4 is 46.5 Å². The molecule has 132 valence electrons. The van der Waals surface area contributed by atoms with Gasteiger partial charge in [0.1, 0.15) is 11.7 Å². The summed E-state index contributed by atoms with van der Waals surface area (Å²) in [6.45, 7) is 1.52. The van der Waals surface area contributed by atoms with E-state index in [-0.39, 0.29) is 0 Å². The first-order valence-electron chi connectivity index (χ1n) is 8.63. The van der Waals surface area contributed by atoms with E-state index in [9.17, 15) is 0 Å². The summed E-state index contributed by atoms with van der Waals surface area (Å²) in [7, 11) is 0. The second-order valence-corrected chi connectivity index (χ2v) is 6.64. The summed E-state index contributed by atoms with van der Waals surface area (Å²) < 4.78 is 0. The summed E-state index contributed by atoms with van der Waals surface area (Å²) in [5, 5.41) is 3.92. The number of hydrogen-bond acceptors (Lipinski definition) is 6. The first-order chi connectivity index (χ1) is 13.3. The number of pyridine rings is 1. The number of aromatic nitrogens is 3. The fourth-order valence-electron chi connectivity index (χ4n) is 3.31. The van der Waals surface area contributed by atoms with E-state index in [1.54, 1.807) is 12.4 Å². The van der Waals surface area contributed by atoms with E-state index in [1.807, 2.05) is 42.6 Å². The van der Waals surface area contributed by atoms with Gasteiger partial charge in [0.05, 0.1) is 6.54 Å². The van der Waals surface area contributed by atoms with Gasteiger partial charge in [0, 0.05) is 52.5 Å². The summed E-state index contributed by atoms with van der Waals surface area (Å²) >= 11 is 6.43. The summed E-state index contributed by atoms with van der Waals surface area (Å²) in [6.07, 6.45) is 7.35. The largest absolute Gasteiger partial charge is 0.324 e. The van der Waals surface area contributed by atoms with Crippen molar-refractivity contribution < 1.29 is 0 Å². The third-order valence-corrected chi connectivity index (χ3v) is 4.86. The maximum Gasteiger partial charge on any atom is 0.229 e. The van der Waals surface area contributed by atoms with Crippen LogP contribution in [0.2, 0.25) is 5.02 Å². The number of nitrogens with zero attached hydrogens (tertiary/aromatic N) is 5. The SMILES string of the molecule is Clc1ccccc1C1=Cc2cnc(Nc3ccncc3)nc2N2CCN=C12. The topological polar surface area (TPSA) is 66.3 Å². The molecule has 3 aromatic rings. The van der Waals surface area contributed by atoms with Crippen molar-refractivity contribution in [2.24, 2.45) is 4.99 Å². The van der Waals surface area contributed by atoms with Gasteiger partial charge in [0.2, 0.25) is 5.95 Å². The lowest BCUT2D eigenvalue weighted by Crippen LogP contribution is -2.32. The molecule has 1 aromatic carbocycles. The number of halogens is 1. The summed E-state index contributed by atoms with van der Waals surface area (Å²) in [5.74, 6) is 2.30. The molecule has 5 rings (SSSR count). The van der Waals surface area contributed by atoms with Gasteiger partial charge in [-0.25, -0.2) is 4.98 Å². The first kappa shape index (κ1) is 16.0. The predicted octanol–water partition coefficient (Wildman–Crippen LogP) is 4.04. The molecule has 0 fully saturated rings. The van der Waals surface area contributed by atoms with Crippen LogP contribution in [-0.4, -0.2) is 33.9 Å². The lowest BCUT2D eigenvalue weighted by atomic mass is 9.98. The zero-order valence-corrected chi connectivity index (χ0v) is 15.1. The summed E-state index contributed by atoms with van der Waals surface area (Å²) in [6, 6.07) is 11.6. The van der Waals surface area contributed by atoms with Crippen LogP contribution in [0.4, 0.5) is 17.5 Å². The predicted molar refractivity (Wildman–Crippen MR) is 109 cm³/mol. The Labute approximate surface area is 161 Å². The lowest BCUT2D eigenvalue weighted by molar-refractivity contribution is 0.987. The third-order valence-electron chi connectivity index (χ3n) is 4.53. The molecule has 7 heteroatoms. The Morgan fingerprint density at radius 3 is 2.78 bits per heavy atom. The molecular weight excluding hydrogens is 360 g/mol. The summed E-state index contributed by atoms with van der Waals surface area (Å²) in [5.41, 5.74) is 3.81. The molecule has 0 radical (unpaired) electrons. The van der Waals surface area contributed by atoms with Crippen LogP contribution >= 0.6 is 11.6 Å². The lowest BCUT2D eigenvalue weighted by Gasteiger charge is -2.27. The average molecular weight is 375 g/mol. The summed E-state index contributed by atoms with van der Waals surface area (Å²) in [4.78, 5) is 20.0. The molecule has 0 unspecified atom stereocenters. The highest BCUT2D eigenvalue weighted by molar-refractivity contribution is 6.40.